The molecule has 0 radical (unpaired) electrons. The van der Waals surface area contributed by atoms with Crippen LogP contribution in [0.5, 0.6) is 0 Å². The number of piperidine rings is 1. The fourth-order valence-corrected chi connectivity index (χ4v) is 5.04. The predicted molar refractivity (Wildman–Crippen MR) is 121 cm³/mol. The maximum atomic E-state index is 13.9. The number of amides is 1. The summed E-state index contributed by atoms with van der Waals surface area (Å²) in [5.41, 5.74) is 1.48. The van der Waals surface area contributed by atoms with E-state index >= 15 is 0 Å². The number of nitrogens with zero attached hydrogens (tertiary/aromatic N) is 4. The highest BCUT2D eigenvalue weighted by molar-refractivity contribution is 6.30. The second-order valence-corrected chi connectivity index (χ2v) is 9.61. The molecule has 4 rings (SSSR count). The van der Waals surface area contributed by atoms with Gasteiger partial charge in [0.2, 0.25) is 5.91 Å². The molecule has 1 aliphatic rings. The Morgan fingerprint density at radius 2 is 1.87 bits per heavy atom. The van der Waals surface area contributed by atoms with Crippen molar-refractivity contribution in [3.05, 3.63) is 75.5 Å². The number of aromatic nitrogens is 4. The third-order valence-electron chi connectivity index (χ3n) is 6.08. The van der Waals surface area contributed by atoms with Crippen LogP contribution in [0.1, 0.15) is 56.1 Å². The van der Waals surface area contributed by atoms with Crippen LogP contribution in [0.2, 0.25) is 10.0 Å². The maximum Gasteiger partial charge on any atom is 0.229 e. The van der Waals surface area contributed by atoms with E-state index in [1.54, 1.807) is 0 Å². The molecule has 0 bridgehead atoms. The van der Waals surface area contributed by atoms with Gasteiger partial charge in [-0.25, -0.2) is 0 Å². The quantitative estimate of drug-likeness (QED) is 0.569. The number of benzene rings is 2. The van der Waals surface area contributed by atoms with Crippen LogP contribution in [-0.4, -0.2) is 37.5 Å². The van der Waals surface area contributed by atoms with Gasteiger partial charge in [-0.2, -0.15) is 5.21 Å². The molecule has 8 heteroatoms. The number of likely N-dealkylation sites (tertiary alicyclic amines) is 1. The van der Waals surface area contributed by atoms with Gasteiger partial charge in [0.15, 0.2) is 5.82 Å². The van der Waals surface area contributed by atoms with E-state index in [1.165, 1.54) is 0 Å². The number of carbonyl (C=O) groups excluding carboxylic acids is 1. The van der Waals surface area contributed by atoms with E-state index in [4.69, 9.17) is 23.2 Å². The summed E-state index contributed by atoms with van der Waals surface area (Å²) in [5.74, 6) is 0.664. The summed E-state index contributed by atoms with van der Waals surface area (Å²) in [5, 5.41) is 15.7. The van der Waals surface area contributed by atoms with Crippen molar-refractivity contribution in [2.24, 2.45) is 5.41 Å². The molecule has 0 unspecified atom stereocenters. The lowest BCUT2D eigenvalue weighted by Gasteiger charge is -2.51. The summed E-state index contributed by atoms with van der Waals surface area (Å²) in [6, 6.07) is 15.6. The Bertz CT molecular complexity index is 1050. The van der Waals surface area contributed by atoms with E-state index in [2.05, 4.69) is 40.5 Å². The van der Waals surface area contributed by atoms with E-state index in [0.29, 0.717) is 28.7 Å². The summed E-state index contributed by atoms with van der Waals surface area (Å²) in [4.78, 5) is 15.9. The number of H-pyrrole nitrogens is 1. The first-order valence-electron chi connectivity index (χ1n) is 10.3. The normalized spacial score (nSPS) is 24.1. The molecule has 31 heavy (non-hydrogen) atoms. The van der Waals surface area contributed by atoms with Gasteiger partial charge in [-0.15, -0.1) is 10.2 Å². The van der Waals surface area contributed by atoms with E-state index in [-0.39, 0.29) is 23.9 Å². The van der Waals surface area contributed by atoms with E-state index in [1.807, 2.05) is 54.3 Å². The Labute approximate surface area is 191 Å². The Kier molecular flexibility index (Phi) is 6.04. The predicted octanol–water partition coefficient (Wildman–Crippen LogP) is 5.22. The topological polar surface area (TPSA) is 74.8 Å². The Balaban J connectivity index is 1.85. The van der Waals surface area contributed by atoms with Crippen LogP contribution in [0.15, 0.2) is 48.5 Å². The number of tetrazole rings is 1. The van der Waals surface area contributed by atoms with Gasteiger partial charge < -0.3 is 4.90 Å². The molecule has 1 amide bonds. The smallest absolute Gasteiger partial charge is 0.229 e. The molecule has 1 aliphatic heterocycles. The van der Waals surface area contributed by atoms with Crippen LogP contribution in [0.3, 0.4) is 0 Å². The minimum absolute atomic E-state index is 0.000227. The van der Waals surface area contributed by atoms with E-state index in [0.717, 1.165) is 11.1 Å². The van der Waals surface area contributed by atoms with E-state index < -0.39 is 5.41 Å². The standard InChI is InChI=1S/C23H25Cl2N5O/c1-14(2)30-21(15-7-9-17(24)10-8-15)19(16-5-4-6-18(25)11-16)12-23(3,22(30)31)13-20-26-28-29-27-20/h4-11,14,19,21H,12-13H2,1-3H3,(H,26,27,28,29)/t19-,21-,23-/m1/s1. The van der Waals surface area contributed by atoms with Gasteiger partial charge in [-0.3, -0.25) is 4.79 Å². The van der Waals surface area contributed by atoms with Crippen molar-refractivity contribution >= 4 is 29.1 Å². The summed E-state index contributed by atoms with van der Waals surface area (Å²) in [6.45, 7) is 6.10. The number of rotatable bonds is 5. The van der Waals surface area contributed by atoms with Crippen molar-refractivity contribution in [1.29, 1.82) is 0 Å². The van der Waals surface area contributed by atoms with Gasteiger partial charge in [0, 0.05) is 28.4 Å². The fourth-order valence-electron chi connectivity index (χ4n) is 4.72. The SMILES string of the molecule is CC(C)N1C(=O)[C@@](C)(Cc2nn[nH]n2)C[C@H](c2cccc(Cl)c2)[C@H]1c1ccc(Cl)cc1. The van der Waals surface area contributed by atoms with Crippen molar-refractivity contribution in [1.82, 2.24) is 25.5 Å². The number of aromatic amines is 1. The molecule has 0 saturated carbocycles. The van der Waals surface area contributed by atoms with Crippen LogP contribution in [0.4, 0.5) is 0 Å². The summed E-state index contributed by atoms with van der Waals surface area (Å²) in [7, 11) is 0. The number of halogens is 2. The van der Waals surface area contributed by atoms with Crippen molar-refractivity contribution in [3.8, 4) is 0 Å². The molecule has 1 N–H and O–H groups in total. The average Bonchev–Trinajstić information content (AvgIpc) is 3.23. The first kappa shape index (κ1) is 21.8. The summed E-state index contributed by atoms with van der Waals surface area (Å²) < 4.78 is 0. The van der Waals surface area contributed by atoms with Gasteiger partial charge in [0.25, 0.3) is 0 Å². The van der Waals surface area contributed by atoms with Crippen molar-refractivity contribution in [3.63, 3.8) is 0 Å². The van der Waals surface area contributed by atoms with Gasteiger partial charge in [-0.1, -0.05) is 59.6 Å². The minimum Gasteiger partial charge on any atom is -0.332 e. The average molecular weight is 458 g/mol. The van der Waals surface area contributed by atoms with Crippen LogP contribution >= 0.6 is 23.2 Å². The second kappa shape index (κ2) is 8.60. The highest BCUT2D eigenvalue weighted by Crippen LogP contribution is 2.51. The molecule has 1 saturated heterocycles. The lowest BCUT2D eigenvalue weighted by Crippen LogP contribution is -2.55. The summed E-state index contributed by atoms with van der Waals surface area (Å²) in [6.07, 6.45) is 1.05. The van der Waals surface area contributed by atoms with Crippen LogP contribution in [0, 0.1) is 5.41 Å². The van der Waals surface area contributed by atoms with Gasteiger partial charge in [0.1, 0.15) is 0 Å². The van der Waals surface area contributed by atoms with Crippen LogP contribution in [-0.2, 0) is 11.2 Å². The molecule has 2 heterocycles. The zero-order valence-electron chi connectivity index (χ0n) is 17.7. The van der Waals surface area contributed by atoms with Gasteiger partial charge >= 0.3 is 0 Å². The highest BCUT2D eigenvalue weighted by atomic mass is 35.5. The fraction of sp³-hybridized carbons (Fsp3) is 0.391. The molecular weight excluding hydrogens is 433 g/mol. The first-order valence-corrected chi connectivity index (χ1v) is 11.1. The van der Waals surface area contributed by atoms with Crippen LogP contribution < -0.4 is 0 Å². The lowest BCUT2D eigenvalue weighted by atomic mass is 9.67. The third-order valence-corrected chi connectivity index (χ3v) is 6.57. The molecule has 162 valence electrons. The molecular formula is C23H25Cl2N5O. The second-order valence-electron chi connectivity index (χ2n) is 8.73. The molecule has 3 aromatic rings. The molecule has 1 fully saturated rings. The summed E-state index contributed by atoms with van der Waals surface area (Å²) >= 11 is 12.5. The van der Waals surface area contributed by atoms with Crippen molar-refractivity contribution in [2.75, 3.05) is 0 Å². The molecule has 0 spiro atoms. The van der Waals surface area contributed by atoms with Crippen LogP contribution in [0.25, 0.3) is 0 Å². The Morgan fingerprint density at radius 3 is 2.48 bits per heavy atom. The van der Waals surface area contributed by atoms with Gasteiger partial charge in [-0.05, 0) is 55.7 Å². The van der Waals surface area contributed by atoms with Crippen molar-refractivity contribution < 1.29 is 4.79 Å². The molecule has 3 atom stereocenters. The largest absolute Gasteiger partial charge is 0.332 e. The molecule has 2 aromatic carbocycles. The Morgan fingerprint density at radius 1 is 1.13 bits per heavy atom. The third kappa shape index (κ3) is 4.32. The Hall–Kier alpha value is -2.44. The lowest BCUT2D eigenvalue weighted by molar-refractivity contribution is -0.153. The molecule has 0 aliphatic carbocycles. The maximum absolute atomic E-state index is 13.9. The monoisotopic (exact) mass is 457 g/mol. The van der Waals surface area contributed by atoms with Crippen molar-refractivity contribution in [2.45, 2.75) is 51.6 Å². The number of hydrogen-bond acceptors (Lipinski definition) is 4. The van der Waals surface area contributed by atoms with E-state index in [9.17, 15) is 4.79 Å². The number of carbonyl (C=O) groups is 1. The first-order chi connectivity index (χ1) is 14.8. The number of nitrogens with one attached hydrogen (secondary N) is 1. The molecule has 1 aromatic heterocycles. The number of hydrogen-bond donors (Lipinski definition) is 1. The zero-order valence-corrected chi connectivity index (χ0v) is 19.2. The minimum atomic E-state index is -0.677. The highest BCUT2D eigenvalue weighted by Gasteiger charge is 2.50. The van der Waals surface area contributed by atoms with Gasteiger partial charge in [0.05, 0.1) is 11.5 Å². The zero-order chi connectivity index (χ0) is 22.2. The molecule has 6 nitrogen and oxygen atoms in total.